The minimum atomic E-state index is -3.90. The Morgan fingerprint density at radius 2 is 1.72 bits per heavy atom. The maximum absolute atomic E-state index is 12.4. The molecular formula is C18H20F2N2O6S. The molecule has 158 valence electrons. The summed E-state index contributed by atoms with van der Waals surface area (Å²) in [6.45, 7) is -3.25. The van der Waals surface area contributed by atoms with Crippen molar-refractivity contribution in [2.75, 3.05) is 26.1 Å². The van der Waals surface area contributed by atoms with Crippen molar-refractivity contribution in [2.24, 2.45) is 0 Å². The predicted octanol–water partition coefficient (Wildman–Crippen LogP) is 2.61. The molecule has 1 amide bonds. The molecule has 0 aliphatic carbocycles. The van der Waals surface area contributed by atoms with Gasteiger partial charge in [-0.05, 0) is 24.3 Å². The molecule has 29 heavy (non-hydrogen) atoms. The van der Waals surface area contributed by atoms with Crippen LogP contribution in [0.1, 0.15) is 6.42 Å². The molecule has 2 N–H and O–H groups in total. The first-order valence-electron chi connectivity index (χ1n) is 8.32. The number of ether oxygens (including phenoxy) is 3. The Morgan fingerprint density at radius 3 is 2.38 bits per heavy atom. The molecule has 2 rings (SSSR count). The fourth-order valence-corrected chi connectivity index (χ4v) is 3.39. The number of nitrogens with one attached hydrogen (secondary N) is 2. The van der Waals surface area contributed by atoms with E-state index >= 15 is 0 Å². The number of amides is 1. The van der Waals surface area contributed by atoms with Crippen LogP contribution in [0.2, 0.25) is 0 Å². The maximum Gasteiger partial charge on any atom is 0.387 e. The van der Waals surface area contributed by atoms with Crippen LogP contribution in [0.3, 0.4) is 0 Å². The zero-order chi connectivity index (χ0) is 21.4. The summed E-state index contributed by atoms with van der Waals surface area (Å²) in [5, 5.41) is 2.41. The molecule has 0 atom stereocenters. The second-order valence-electron chi connectivity index (χ2n) is 5.59. The van der Waals surface area contributed by atoms with Crippen molar-refractivity contribution in [1.82, 2.24) is 4.72 Å². The second kappa shape index (κ2) is 10.0. The lowest BCUT2D eigenvalue weighted by atomic mass is 10.3. The molecule has 0 aromatic heterocycles. The number of carbonyl (C=O) groups is 1. The highest BCUT2D eigenvalue weighted by Gasteiger charge is 2.18. The van der Waals surface area contributed by atoms with Crippen LogP contribution in [-0.2, 0) is 14.8 Å². The molecular weight excluding hydrogens is 410 g/mol. The molecule has 0 saturated carbocycles. The molecule has 0 heterocycles. The van der Waals surface area contributed by atoms with Crippen molar-refractivity contribution >= 4 is 21.6 Å². The molecule has 0 fully saturated rings. The Bertz CT molecular complexity index is 953. The third kappa shape index (κ3) is 6.29. The third-order valence-corrected chi connectivity index (χ3v) is 5.15. The van der Waals surface area contributed by atoms with Crippen LogP contribution in [0.25, 0.3) is 0 Å². The van der Waals surface area contributed by atoms with E-state index in [4.69, 9.17) is 9.47 Å². The van der Waals surface area contributed by atoms with E-state index in [9.17, 15) is 22.0 Å². The predicted molar refractivity (Wildman–Crippen MR) is 101 cm³/mol. The van der Waals surface area contributed by atoms with E-state index < -0.39 is 22.5 Å². The molecule has 0 bridgehead atoms. The minimum Gasteiger partial charge on any atom is -0.493 e. The first-order chi connectivity index (χ1) is 13.8. The number of para-hydroxylation sites is 2. The van der Waals surface area contributed by atoms with Crippen LogP contribution in [0, 0.1) is 0 Å². The SMILES string of the molecule is COc1ccc(S(=O)(=O)NCCC(=O)Nc2ccccc2OC(F)F)cc1OC. The molecule has 0 saturated heterocycles. The lowest BCUT2D eigenvalue weighted by Gasteiger charge is -2.12. The van der Waals surface area contributed by atoms with Gasteiger partial charge in [-0.15, -0.1) is 0 Å². The molecule has 0 radical (unpaired) electrons. The van der Waals surface area contributed by atoms with Crippen LogP contribution in [0.15, 0.2) is 47.4 Å². The zero-order valence-electron chi connectivity index (χ0n) is 15.6. The summed E-state index contributed by atoms with van der Waals surface area (Å²) in [5.74, 6) is -0.161. The summed E-state index contributed by atoms with van der Waals surface area (Å²) in [6, 6.07) is 9.75. The molecule has 0 spiro atoms. The van der Waals surface area contributed by atoms with E-state index in [-0.39, 0.29) is 35.0 Å². The zero-order valence-corrected chi connectivity index (χ0v) is 16.5. The van der Waals surface area contributed by atoms with Crippen molar-refractivity contribution in [3.63, 3.8) is 0 Å². The van der Waals surface area contributed by atoms with Gasteiger partial charge in [-0.3, -0.25) is 4.79 Å². The van der Waals surface area contributed by atoms with Crippen molar-refractivity contribution < 1.29 is 36.2 Å². The van der Waals surface area contributed by atoms with Gasteiger partial charge in [0.05, 0.1) is 24.8 Å². The van der Waals surface area contributed by atoms with Crippen molar-refractivity contribution in [2.45, 2.75) is 17.9 Å². The molecule has 0 aliphatic rings. The standard InChI is InChI=1S/C18H20F2N2O6S/c1-26-15-8-7-12(11-16(15)27-2)29(24,25)21-10-9-17(23)22-13-5-3-4-6-14(13)28-18(19)20/h3-8,11,18,21H,9-10H2,1-2H3,(H,22,23). The lowest BCUT2D eigenvalue weighted by molar-refractivity contribution is -0.116. The lowest BCUT2D eigenvalue weighted by Crippen LogP contribution is -2.28. The maximum atomic E-state index is 12.4. The monoisotopic (exact) mass is 430 g/mol. The van der Waals surface area contributed by atoms with Crippen molar-refractivity contribution in [3.05, 3.63) is 42.5 Å². The number of benzene rings is 2. The summed E-state index contributed by atoms with van der Waals surface area (Å²) in [6.07, 6.45) is -0.227. The number of rotatable bonds is 10. The molecule has 2 aromatic rings. The third-order valence-electron chi connectivity index (χ3n) is 3.69. The highest BCUT2D eigenvalue weighted by atomic mass is 32.2. The van der Waals surface area contributed by atoms with Crippen LogP contribution >= 0.6 is 0 Å². The Labute approximate surface area is 166 Å². The summed E-state index contributed by atoms with van der Waals surface area (Å²) in [4.78, 5) is 12.0. The van der Waals surface area contributed by atoms with Gasteiger partial charge in [0, 0.05) is 19.0 Å². The fourth-order valence-electron chi connectivity index (χ4n) is 2.35. The van der Waals surface area contributed by atoms with Gasteiger partial charge in [-0.1, -0.05) is 12.1 Å². The van der Waals surface area contributed by atoms with Gasteiger partial charge >= 0.3 is 6.61 Å². The average molecular weight is 430 g/mol. The van der Waals surface area contributed by atoms with Crippen LogP contribution in [0.5, 0.6) is 17.2 Å². The molecule has 0 unspecified atom stereocenters. The number of methoxy groups -OCH3 is 2. The minimum absolute atomic E-state index is 0.0561. The Kier molecular flexibility index (Phi) is 7.74. The number of anilines is 1. The second-order valence-corrected chi connectivity index (χ2v) is 7.35. The first-order valence-corrected chi connectivity index (χ1v) is 9.80. The normalized spacial score (nSPS) is 11.2. The highest BCUT2D eigenvalue weighted by molar-refractivity contribution is 7.89. The van der Waals surface area contributed by atoms with E-state index in [1.54, 1.807) is 0 Å². The Balaban J connectivity index is 1.96. The topological polar surface area (TPSA) is 103 Å². The highest BCUT2D eigenvalue weighted by Crippen LogP contribution is 2.29. The van der Waals surface area contributed by atoms with E-state index in [1.165, 1.54) is 56.7 Å². The van der Waals surface area contributed by atoms with E-state index in [0.717, 1.165) is 0 Å². The Morgan fingerprint density at radius 1 is 1.03 bits per heavy atom. The summed E-state index contributed by atoms with van der Waals surface area (Å²) in [7, 11) is -1.10. The van der Waals surface area contributed by atoms with Gasteiger partial charge in [0.25, 0.3) is 0 Å². The summed E-state index contributed by atoms with van der Waals surface area (Å²) >= 11 is 0. The quantitative estimate of drug-likeness (QED) is 0.601. The van der Waals surface area contributed by atoms with Gasteiger partial charge in [-0.25, -0.2) is 13.1 Å². The number of hydrogen-bond donors (Lipinski definition) is 2. The first kappa shape index (κ1) is 22.4. The smallest absolute Gasteiger partial charge is 0.387 e. The Hall–Kier alpha value is -2.92. The summed E-state index contributed by atoms with van der Waals surface area (Å²) < 4.78 is 66.3. The molecule has 2 aromatic carbocycles. The number of alkyl halides is 2. The van der Waals surface area contributed by atoms with Gasteiger partial charge in [0.2, 0.25) is 15.9 Å². The molecule has 0 aliphatic heterocycles. The number of halogens is 2. The fraction of sp³-hybridized carbons (Fsp3) is 0.278. The van der Waals surface area contributed by atoms with E-state index in [1.807, 2.05) is 0 Å². The van der Waals surface area contributed by atoms with Crippen LogP contribution in [0.4, 0.5) is 14.5 Å². The van der Waals surface area contributed by atoms with Crippen LogP contribution in [-0.4, -0.2) is 41.7 Å². The van der Waals surface area contributed by atoms with Gasteiger partial charge in [0.1, 0.15) is 5.75 Å². The van der Waals surface area contributed by atoms with Crippen molar-refractivity contribution in [1.29, 1.82) is 0 Å². The van der Waals surface area contributed by atoms with Gasteiger partial charge in [0.15, 0.2) is 11.5 Å². The average Bonchev–Trinajstić information content (AvgIpc) is 2.68. The van der Waals surface area contributed by atoms with Crippen LogP contribution < -0.4 is 24.2 Å². The number of sulfonamides is 1. The van der Waals surface area contributed by atoms with E-state index in [2.05, 4.69) is 14.8 Å². The van der Waals surface area contributed by atoms with Gasteiger partial charge < -0.3 is 19.5 Å². The van der Waals surface area contributed by atoms with Crippen molar-refractivity contribution in [3.8, 4) is 17.2 Å². The number of carbonyl (C=O) groups excluding carboxylic acids is 1. The number of hydrogen-bond acceptors (Lipinski definition) is 6. The molecule has 11 heteroatoms. The van der Waals surface area contributed by atoms with Gasteiger partial charge in [-0.2, -0.15) is 8.78 Å². The largest absolute Gasteiger partial charge is 0.493 e. The van der Waals surface area contributed by atoms with E-state index in [0.29, 0.717) is 5.75 Å². The summed E-state index contributed by atoms with van der Waals surface area (Å²) in [5.41, 5.74) is 0.0561. The molecule has 8 nitrogen and oxygen atoms in total.